The number of primary amides is 1. The molecule has 0 saturated heterocycles. The molecule has 1 amide bonds. The number of hydrogen-bond acceptors (Lipinski definition) is 4. The number of carbonyl (C=O) groups excluding carboxylic acids is 1. The van der Waals surface area contributed by atoms with Gasteiger partial charge in [0.25, 0.3) is 0 Å². The molecule has 0 aromatic carbocycles. The van der Waals surface area contributed by atoms with Crippen molar-refractivity contribution in [3.05, 3.63) is 0 Å². The zero-order valence-corrected chi connectivity index (χ0v) is 13.7. The molecular formula is C17H31N3O2. The van der Waals surface area contributed by atoms with Crippen LogP contribution in [0.5, 0.6) is 0 Å². The molecule has 1 unspecified atom stereocenters. The fourth-order valence-electron chi connectivity index (χ4n) is 2.72. The summed E-state index contributed by atoms with van der Waals surface area (Å²) in [6, 6.07) is 0. The minimum Gasteiger partial charge on any atom is -0.369 e. The van der Waals surface area contributed by atoms with E-state index in [2.05, 4.69) is 23.0 Å². The molecular weight excluding hydrogens is 278 g/mol. The molecule has 0 bridgehead atoms. The first-order chi connectivity index (χ1) is 10.8. The molecule has 1 aliphatic heterocycles. The summed E-state index contributed by atoms with van der Waals surface area (Å²) in [7, 11) is 0. The lowest BCUT2D eigenvalue weighted by Gasteiger charge is -2.13. The van der Waals surface area contributed by atoms with Gasteiger partial charge in [-0.1, -0.05) is 56.5 Å². The number of nitrogens with one attached hydrogen (secondary N) is 2. The predicted molar refractivity (Wildman–Crippen MR) is 88.1 cm³/mol. The van der Waals surface area contributed by atoms with Gasteiger partial charge in [-0.25, -0.2) is 5.43 Å². The Labute approximate surface area is 134 Å². The molecule has 1 rings (SSSR count). The fraction of sp³-hybridized carbons (Fsp3) is 0.824. The van der Waals surface area contributed by atoms with Crippen molar-refractivity contribution in [2.45, 2.75) is 77.0 Å². The van der Waals surface area contributed by atoms with Crippen LogP contribution in [0.3, 0.4) is 0 Å². The molecule has 1 atom stereocenters. The molecule has 5 nitrogen and oxygen atoms in total. The first-order valence-corrected chi connectivity index (χ1v) is 8.71. The molecule has 5 heteroatoms. The third-order valence-corrected chi connectivity index (χ3v) is 4.11. The van der Waals surface area contributed by atoms with Crippen molar-refractivity contribution < 1.29 is 9.63 Å². The second kappa shape index (κ2) is 13.4. The molecule has 4 N–H and O–H groups in total. The van der Waals surface area contributed by atoms with Gasteiger partial charge < -0.3 is 10.6 Å². The van der Waals surface area contributed by atoms with E-state index in [0.29, 0.717) is 0 Å². The van der Waals surface area contributed by atoms with Crippen molar-refractivity contribution in [3.8, 4) is 12.0 Å². The van der Waals surface area contributed by atoms with Crippen LogP contribution >= 0.6 is 0 Å². The van der Waals surface area contributed by atoms with E-state index in [-0.39, 0.29) is 11.8 Å². The van der Waals surface area contributed by atoms with Crippen molar-refractivity contribution in [1.82, 2.24) is 11.0 Å². The Kier molecular flexibility index (Phi) is 11.5. The van der Waals surface area contributed by atoms with Crippen LogP contribution in [0.1, 0.15) is 77.0 Å². The van der Waals surface area contributed by atoms with Gasteiger partial charge in [-0.15, -0.1) is 0 Å². The average molecular weight is 309 g/mol. The molecule has 1 aliphatic rings. The topological polar surface area (TPSA) is 76.4 Å². The Balaban J connectivity index is 2.28. The molecule has 0 spiro atoms. The van der Waals surface area contributed by atoms with Crippen molar-refractivity contribution >= 4 is 5.91 Å². The van der Waals surface area contributed by atoms with Gasteiger partial charge in [0.2, 0.25) is 5.91 Å². The molecule has 0 radical (unpaired) electrons. The van der Waals surface area contributed by atoms with E-state index in [1.165, 1.54) is 25.7 Å². The maximum absolute atomic E-state index is 11.5. The lowest BCUT2D eigenvalue weighted by molar-refractivity contribution is -0.122. The third kappa shape index (κ3) is 10.5. The summed E-state index contributed by atoms with van der Waals surface area (Å²) in [5, 5.41) is 0. The summed E-state index contributed by atoms with van der Waals surface area (Å²) in [5.74, 6) is 2.92. The number of hydrazine groups is 1. The Bertz CT molecular complexity index is 326. The summed E-state index contributed by atoms with van der Waals surface area (Å²) < 4.78 is 0. The van der Waals surface area contributed by atoms with E-state index in [1.807, 2.05) is 0 Å². The van der Waals surface area contributed by atoms with Gasteiger partial charge in [0.05, 0.1) is 0 Å². The maximum atomic E-state index is 11.5. The Morgan fingerprint density at radius 3 is 2.32 bits per heavy atom. The van der Waals surface area contributed by atoms with E-state index < -0.39 is 0 Å². The predicted octanol–water partition coefficient (Wildman–Crippen LogP) is 2.77. The maximum Gasteiger partial charge on any atom is 0.220 e. The van der Waals surface area contributed by atoms with E-state index >= 15 is 0 Å². The first kappa shape index (κ1) is 18.8. The van der Waals surface area contributed by atoms with Crippen LogP contribution in [0.2, 0.25) is 0 Å². The first-order valence-electron chi connectivity index (χ1n) is 8.71. The van der Waals surface area contributed by atoms with E-state index in [4.69, 9.17) is 10.6 Å². The van der Waals surface area contributed by atoms with Gasteiger partial charge in [-0.05, 0) is 25.7 Å². The number of hydrogen-bond donors (Lipinski definition) is 3. The van der Waals surface area contributed by atoms with Crippen LogP contribution in [0.4, 0.5) is 0 Å². The van der Waals surface area contributed by atoms with Gasteiger partial charge in [0, 0.05) is 18.9 Å². The van der Waals surface area contributed by atoms with Crippen LogP contribution < -0.4 is 16.7 Å². The molecule has 0 aromatic rings. The van der Waals surface area contributed by atoms with Crippen LogP contribution in [0.15, 0.2) is 0 Å². The molecule has 0 saturated carbocycles. The molecule has 126 valence electrons. The van der Waals surface area contributed by atoms with Crippen LogP contribution in [0.25, 0.3) is 0 Å². The van der Waals surface area contributed by atoms with E-state index in [0.717, 1.165) is 57.9 Å². The van der Waals surface area contributed by atoms with Crippen LogP contribution in [-0.2, 0) is 9.63 Å². The fourth-order valence-corrected chi connectivity index (χ4v) is 2.72. The Morgan fingerprint density at radius 2 is 1.59 bits per heavy atom. The summed E-state index contributed by atoms with van der Waals surface area (Å²) in [6.07, 6.45) is 15.7. The van der Waals surface area contributed by atoms with Gasteiger partial charge >= 0.3 is 0 Å². The summed E-state index contributed by atoms with van der Waals surface area (Å²) in [4.78, 5) is 16.5. The summed E-state index contributed by atoms with van der Waals surface area (Å²) in [5.41, 5.74) is 11.1. The van der Waals surface area contributed by atoms with Gasteiger partial charge in [0.15, 0.2) is 0 Å². The monoisotopic (exact) mass is 309 g/mol. The van der Waals surface area contributed by atoms with Gasteiger partial charge in [0.1, 0.15) is 6.11 Å². The molecule has 0 fully saturated rings. The normalized spacial score (nSPS) is 23.7. The smallest absolute Gasteiger partial charge is 0.220 e. The lowest BCUT2D eigenvalue weighted by Crippen LogP contribution is -2.31. The van der Waals surface area contributed by atoms with Crippen molar-refractivity contribution in [1.29, 1.82) is 0 Å². The van der Waals surface area contributed by atoms with Gasteiger partial charge in [-0.3, -0.25) is 4.79 Å². The van der Waals surface area contributed by atoms with Crippen LogP contribution in [0, 0.1) is 17.9 Å². The van der Waals surface area contributed by atoms with Gasteiger partial charge in [-0.2, -0.15) is 0 Å². The number of nitrogens with two attached hydrogens (primary N) is 1. The third-order valence-electron chi connectivity index (χ3n) is 4.11. The quantitative estimate of drug-likeness (QED) is 0.651. The molecule has 0 aliphatic carbocycles. The number of carbonyl (C=O) groups is 1. The molecule has 0 aromatic heterocycles. The second-order valence-electron chi connectivity index (χ2n) is 6.02. The highest BCUT2D eigenvalue weighted by Gasteiger charge is 2.14. The minimum absolute atomic E-state index is 0.0601. The average Bonchev–Trinajstić information content (AvgIpc) is 2.50. The van der Waals surface area contributed by atoms with Crippen molar-refractivity contribution in [2.24, 2.45) is 11.7 Å². The largest absolute Gasteiger partial charge is 0.369 e. The highest BCUT2D eigenvalue weighted by Crippen LogP contribution is 2.18. The van der Waals surface area contributed by atoms with Crippen molar-refractivity contribution in [2.75, 3.05) is 6.54 Å². The minimum atomic E-state index is -0.128. The molecule has 1 heterocycles. The van der Waals surface area contributed by atoms with Crippen molar-refractivity contribution in [3.63, 3.8) is 0 Å². The zero-order valence-electron chi connectivity index (χ0n) is 13.7. The highest BCUT2D eigenvalue weighted by atomic mass is 16.7. The second-order valence-corrected chi connectivity index (χ2v) is 6.02. The number of rotatable bonds is 1. The Hall–Kier alpha value is -1.25. The summed E-state index contributed by atoms with van der Waals surface area (Å²) in [6.45, 7) is 0.822. The zero-order chi connectivity index (χ0) is 15.9. The SMILES string of the molecule is NC(=O)C1CCCCCCCCC#CONNCCCCC1. The Morgan fingerprint density at radius 1 is 0.955 bits per heavy atom. The van der Waals surface area contributed by atoms with Crippen LogP contribution in [-0.4, -0.2) is 12.5 Å². The van der Waals surface area contributed by atoms with E-state index in [1.54, 1.807) is 0 Å². The lowest BCUT2D eigenvalue weighted by atomic mass is 9.94. The summed E-state index contributed by atoms with van der Waals surface area (Å²) >= 11 is 0. The molecule has 22 heavy (non-hydrogen) atoms. The number of amides is 1. The van der Waals surface area contributed by atoms with E-state index in [9.17, 15) is 4.79 Å². The standard InChI is InChI=1S/C17H31N3O2/c18-17(21)16-12-8-5-3-1-2-4-6-11-15-22-20-19-14-10-7-9-13-16/h16,19-20H,1-10,12-14H2,(H2,18,21). The highest BCUT2D eigenvalue weighted by molar-refractivity contribution is 5.76.